The van der Waals surface area contributed by atoms with Crippen molar-refractivity contribution in [3.63, 3.8) is 0 Å². The molecule has 0 saturated heterocycles. The van der Waals surface area contributed by atoms with Crippen LogP contribution in [0.15, 0.2) is 24.3 Å². The molecule has 0 aliphatic carbocycles. The Bertz CT molecular complexity index is 707. The van der Waals surface area contributed by atoms with Gasteiger partial charge in [0.15, 0.2) is 0 Å². The summed E-state index contributed by atoms with van der Waals surface area (Å²) in [6.45, 7) is 0.648. The zero-order chi connectivity index (χ0) is 21.6. The van der Waals surface area contributed by atoms with Gasteiger partial charge in [-0.05, 0) is 17.7 Å². The Morgan fingerprint density at radius 2 is 1.72 bits per heavy atom. The summed E-state index contributed by atoms with van der Waals surface area (Å²) in [4.78, 5) is 47.8. The second-order valence-corrected chi connectivity index (χ2v) is 5.93. The van der Waals surface area contributed by atoms with Crippen molar-refractivity contribution in [1.82, 2.24) is 10.2 Å². The molecule has 10 heteroatoms. The SMILES string of the molecule is COCC(=O)OCCN(CCOC(=O)CO)C(=O)c1cccc(CNC(C)=O)c1. The van der Waals surface area contributed by atoms with Crippen LogP contribution in [0.3, 0.4) is 0 Å². The summed E-state index contributed by atoms with van der Waals surface area (Å²) in [5.41, 5.74) is 1.11. The Morgan fingerprint density at radius 1 is 1.07 bits per heavy atom. The smallest absolute Gasteiger partial charge is 0.332 e. The first-order valence-electron chi connectivity index (χ1n) is 8.91. The van der Waals surface area contributed by atoms with Crippen LogP contribution < -0.4 is 5.32 Å². The van der Waals surface area contributed by atoms with Crippen molar-refractivity contribution in [2.24, 2.45) is 0 Å². The number of carbonyl (C=O) groups is 4. The lowest BCUT2D eigenvalue weighted by atomic mass is 10.1. The third kappa shape index (κ3) is 9.67. The number of amides is 2. The number of benzene rings is 1. The van der Waals surface area contributed by atoms with Crippen LogP contribution in [0.4, 0.5) is 0 Å². The maximum Gasteiger partial charge on any atom is 0.332 e. The van der Waals surface area contributed by atoms with Crippen LogP contribution in [-0.4, -0.2) is 80.4 Å². The molecule has 0 fully saturated rings. The molecule has 1 rings (SSSR count). The molecule has 1 aromatic rings. The molecule has 2 amide bonds. The number of hydrogen-bond acceptors (Lipinski definition) is 8. The topological polar surface area (TPSA) is 131 Å². The summed E-state index contributed by atoms with van der Waals surface area (Å²) in [6, 6.07) is 6.71. The lowest BCUT2D eigenvalue weighted by Crippen LogP contribution is -2.37. The zero-order valence-electron chi connectivity index (χ0n) is 16.5. The third-order valence-corrected chi connectivity index (χ3v) is 3.64. The Morgan fingerprint density at radius 3 is 2.31 bits per heavy atom. The van der Waals surface area contributed by atoms with Crippen LogP contribution in [-0.2, 0) is 35.1 Å². The highest BCUT2D eigenvalue weighted by molar-refractivity contribution is 5.94. The Balaban J connectivity index is 2.79. The van der Waals surface area contributed by atoms with Crippen LogP contribution >= 0.6 is 0 Å². The Kier molecular flexibility index (Phi) is 11.0. The molecule has 0 radical (unpaired) electrons. The fraction of sp³-hybridized carbons (Fsp3) is 0.474. The summed E-state index contributed by atoms with van der Waals surface area (Å²) < 4.78 is 14.5. The predicted molar refractivity (Wildman–Crippen MR) is 101 cm³/mol. The van der Waals surface area contributed by atoms with Gasteiger partial charge in [0.25, 0.3) is 5.91 Å². The van der Waals surface area contributed by atoms with Crippen molar-refractivity contribution in [3.05, 3.63) is 35.4 Å². The van der Waals surface area contributed by atoms with Gasteiger partial charge in [0.2, 0.25) is 5.91 Å². The molecule has 0 spiro atoms. The molecule has 1 aromatic carbocycles. The highest BCUT2D eigenvalue weighted by atomic mass is 16.6. The quantitative estimate of drug-likeness (QED) is 0.441. The standard InChI is InChI=1S/C19H26N2O8/c1-14(23)20-11-15-4-3-5-16(10-15)19(26)21(6-8-28-17(24)12-22)7-9-29-18(25)13-27-2/h3-5,10,22H,6-9,11-13H2,1-2H3,(H,20,23). The van der Waals surface area contributed by atoms with Crippen LogP contribution in [0, 0.1) is 0 Å². The normalized spacial score (nSPS) is 10.2. The minimum Gasteiger partial charge on any atom is -0.462 e. The van der Waals surface area contributed by atoms with Crippen molar-refractivity contribution >= 4 is 23.8 Å². The molecule has 2 N–H and O–H groups in total. The van der Waals surface area contributed by atoms with E-state index in [0.29, 0.717) is 5.56 Å². The molecule has 0 unspecified atom stereocenters. The third-order valence-electron chi connectivity index (χ3n) is 3.64. The van der Waals surface area contributed by atoms with Crippen molar-refractivity contribution in [1.29, 1.82) is 0 Å². The maximum absolute atomic E-state index is 12.9. The number of hydrogen-bond donors (Lipinski definition) is 2. The van der Waals surface area contributed by atoms with Crippen LogP contribution in [0.25, 0.3) is 0 Å². The average molecular weight is 410 g/mol. The Hall–Kier alpha value is -2.98. The highest BCUT2D eigenvalue weighted by Crippen LogP contribution is 2.09. The van der Waals surface area contributed by atoms with Gasteiger partial charge in [0.1, 0.15) is 26.4 Å². The zero-order valence-corrected chi connectivity index (χ0v) is 16.5. The summed E-state index contributed by atoms with van der Waals surface area (Å²) in [5.74, 6) is -1.92. The van der Waals surface area contributed by atoms with E-state index in [4.69, 9.17) is 14.6 Å². The fourth-order valence-corrected chi connectivity index (χ4v) is 2.28. The van der Waals surface area contributed by atoms with E-state index in [1.165, 1.54) is 18.9 Å². The van der Waals surface area contributed by atoms with Crippen LogP contribution in [0.2, 0.25) is 0 Å². The number of methoxy groups -OCH3 is 1. The second kappa shape index (κ2) is 13.2. The van der Waals surface area contributed by atoms with E-state index in [-0.39, 0.29) is 51.3 Å². The number of carbonyl (C=O) groups excluding carboxylic acids is 4. The first kappa shape index (κ1) is 24.1. The first-order chi connectivity index (χ1) is 13.9. The van der Waals surface area contributed by atoms with E-state index in [0.717, 1.165) is 5.56 Å². The minimum atomic E-state index is -0.804. The molecule has 0 heterocycles. The van der Waals surface area contributed by atoms with Gasteiger partial charge < -0.3 is 29.5 Å². The van der Waals surface area contributed by atoms with Crippen LogP contribution in [0.5, 0.6) is 0 Å². The molecule has 0 aliphatic heterocycles. The molecule has 0 aromatic heterocycles. The minimum absolute atomic E-state index is 0.0440. The van der Waals surface area contributed by atoms with Crippen molar-refractivity contribution in [2.75, 3.05) is 46.6 Å². The molecule has 10 nitrogen and oxygen atoms in total. The number of esters is 2. The van der Waals surface area contributed by atoms with Gasteiger partial charge in [-0.25, -0.2) is 9.59 Å². The fourth-order valence-electron chi connectivity index (χ4n) is 2.28. The molecule has 0 atom stereocenters. The summed E-state index contributed by atoms with van der Waals surface area (Å²) in [7, 11) is 1.36. The number of nitrogens with one attached hydrogen (secondary N) is 1. The van der Waals surface area contributed by atoms with E-state index < -0.39 is 18.5 Å². The van der Waals surface area contributed by atoms with Gasteiger partial charge in [0.05, 0.1) is 13.1 Å². The molecular weight excluding hydrogens is 384 g/mol. The molecule has 29 heavy (non-hydrogen) atoms. The van der Waals surface area contributed by atoms with Gasteiger partial charge in [0, 0.05) is 26.1 Å². The number of ether oxygens (including phenoxy) is 3. The van der Waals surface area contributed by atoms with Gasteiger partial charge in [-0.2, -0.15) is 0 Å². The Labute approximate surface area is 168 Å². The van der Waals surface area contributed by atoms with Crippen molar-refractivity contribution < 1.29 is 38.5 Å². The summed E-state index contributed by atoms with van der Waals surface area (Å²) in [6.07, 6.45) is 0. The molecular formula is C19H26N2O8. The van der Waals surface area contributed by atoms with Gasteiger partial charge >= 0.3 is 11.9 Å². The number of nitrogens with zero attached hydrogens (tertiary/aromatic N) is 1. The van der Waals surface area contributed by atoms with Gasteiger partial charge in [-0.1, -0.05) is 12.1 Å². The van der Waals surface area contributed by atoms with Crippen LogP contribution in [0.1, 0.15) is 22.8 Å². The number of rotatable bonds is 12. The van der Waals surface area contributed by atoms with Gasteiger partial charge in [-0.3, -0.25) is 9.59 Å². The summed E-state index contributed by atoms with van der Waals surface area (Å²) >= 11 is 0. The van der Waals surface area contributed by atoms with Gasteiger partial charge in [-0.15, -0.1) is 0 Å². The monoisotopic (exact) mass is 410 g/mol. The van der Waals surface area contributed by atoms with Crippen molar-refractivity contribution in [3.8, 4) is 0 Å². The largest absolute Gasteiger partial charge is 0.462 e. The molecule has 0 bridgehead atoms. The van der Waals surface area contributed by atoms with E-state index in [1.54, 1.807) is 24.3 Å². The van der Waals surface area contributed by atoms with E-state index >= 15 is 0 Å². The van der Waals surface area contributed by atoms with Crippen molar-refractivity contribution in [2.45, 2.75) is 13.5 Å². The maximum atomic E-state index is 12.9. The highest BCUT2D eigenvalue weighted by Gasteiger charge is 2.17. The molecule has 0 aliphatic rings. The number of aliphatic hydroxyl groups excluding tert-OH is 1. The molecule has 160 valence electrons. The lowest BCUT2D eigenvalue weighted by molar-refractivity contribution is -0.148. The molecule has 0 saturated carbocycles. The van der Waals surface area contributed by atoms with E-state index in [1.807, 2.05) is 0 Å². The first-order valence-corrected chi connectivity index (χ1v) is 8.91. The van der Waals surface area contributed by atoms with E-state index in [9.17, 15) is 19.2 Å². The second-order valence-electron chi connectivity index (χ2n) is 5.93. The average Bonchev–Trinajstić information content (AvgIpc) is 2.70. The lowest BCUT2D eigenvalue weighted by Gasteiger charge is -2.23. The predicted octanol–water partition coefficient (Wildman–Crippen LogP) is -0.510. The summed E-state index contributed by atoms with van der Waals surface area (Å²) in [5, 5.41) is 11.4. The van der Waals surface area contributed by atoms with E-state index in [2.05, 4.69) is 10.1 Å². The number of aliphatic hydroxyl groups is 1.